The molecule has 5 nitrogen and oxygen atoms in total. The molecular weight excluding hydrogens is 268 g/mol. The molecule has 0 saturated carbocycles. The Balaban J connectivity index is 3.28. The zero-order valence-corrected chi connectivity index (χ0v) is 13.9. The van der Waals surface area contributed by atoms with Crippen molar-refractivity contribution in [2.75, 3.05) is 13.7 Å². The molecular formula is C16H26N2O3. The van der Waals surface area contributed by atoms with Crippen LogP contribution in [0.25, 0.3) is 0 Å². The molecule has 118 valence electrons. The van der Waals surface area contributed by atoms with Gasteiger partial charge >= 0.3 is 5.97 Å². The van der Waals surface area contributed by atoms with E-state index in [1.54, 1.807) is 0 Å². The van der Waals surface area contributed by atoms with Gasteiger partial charge in [0.2, 0.25) is 0 Å². The number of nitrogens with one attached hydrogen (secondary N) is 1. The van der Waals surface area contributed by atoms with Crippen molar-refractivity contribution in [2.45, 2.75) is 53.6 Å². The van der Waals surface area contributed by atoms with E-state index in [-0.39, 0.29) is 11.8 Å². The highest BCUT2D eigenvalue weighted by Gasteiger charge is 2.28. The van der Waals surface area contributed by atoms with Crippen molar-refractivity contribution >= 4 is 11.8 Å². The summed E-state index contributed by atoms with van der Waals surface area (Å²) in [6, 6.07) is -0.263. The number of carbonyl (C=O) groups is 2. The number of esters is 1. The molecule has 0 spiro atoms. The van der Waals surface area contributed by atoms with Crippen LogP contribution in [-0.2, 0) is 11.3 Å². The molecule has 0 radical (unpaired) electrons. The van der Waals surface area contributed by atoms with E-state index < -0.39 is 5.97 Å². The van der Waals surface area contributed by atoms with E-state index in [0.717, 1.165) is 18.7 Å². The Morgan fingerprint density at radius 3 is 2.38 bits per heavy atom. The lowest BCUT2D eigenvalue weighted by molar-refractivity contribution is 0.0587. The molecule has 1 aromatic rings. The molecule has 1 atom stereocenters. The summed E-state index contributed by atoms with van der Waals surface area (Å²) in [5, 5.41) is 3.20. The quantitative estimate of drug-likeness (QED) is 0.620. The summed E-state index contributed by atoms with van der Waals surface area (Å²) in [4.78, 5) is 24.6. The van der Waals surface area contributed by atoms with Gasteiger partial charge in [-0.3, -0.25) is 4.79 Å². The Kier molecular flexibility index (Phi) is 6.15. The normalized spacial score (nSPS) is 12.3. The van der Waals surface area contributed by atoms with Crippen LogP contribution in [0.1, 0.15) is 59.3 Å². The molecule has 1 rings (SSSR count). The summed E-state index contributed by atoms with van der Waals surface area (Å²) >= 11 is 0. The number of nitrogens with zero attached hydrogens (tertiary/aromatic N) is 1. The summed E-state index contributed by atoms with van der Waals surface area (Å²) in [5.41, 5.74) is 2.64. The summed E-state index contributed by atoms with van der Waals surface area (Å²) in [6.07, 6.45) is 0.971. The van der Waals surface area contributed by atoms with Crippen LogP contribution in [-0.4, -0.2) is 36.0 Å². The van der Waals surface area contributed by atoms with Gasteiger partial charge in [0.1, 0.15) is 5.69 Å². The summed E-state index contributed by atoms with van der Waals surface area (Å²) in [7, 11) is 1.36. The van der Waals surface area contributed by atoms with Crippen LogP contribution in [0, 0.1) is 13.8 Å². The number of Topliss-reactive ketones (excluding diaryl/α,β-unsaturated/α-hetero) is 1. The van der Waals surface area contributed by atoms with Gasteiger partial charge in [0, 0.05) is 17.8 Å². The maximum atomic E-state index is 12.7. The first-order valence-electron chi connectivity index (χ1n) is 7.46. The maximum Gasteiger partial charge on any atom is 0.354 e. The van der Waals surface area contributed by atoms with Crippen molar-refractivity contribution in [3.63, 3.8) is 0 Å². The van der Waals surface area contributed by atoms with Gasteiger partial charge in [-0.15, -0.1) is 0 Å². The van der Waals surface area contributed by atoms with E-state index in [1.807, 2.05) is 32.3 Å². The van der Waals surface area contributed by atoms with Gasteiger partial charge in [0.05, 0.1) is 13.2 Å². The highest BCUT2D eigenvalue weighted by molar-refractivity contribution is 6.05. The van der Waals surface area contributed by atoms with Crippen molar-refractivity contribution in [1.29, 1.82) is 0 Å². The van der Waals surface area contributed by atoms with Crippen LogP contribution in [0.4, 0.5) is 0 Å². The Labute approximate surface area is 126 Å². The largest absolute Gasteiger partial charge is 0.464 e. The van der Waals surface area contributed by atoms with E-state index in [1.165, 1.54) is 7.11 Å². The molecule has 1 N–H and O–H groups in total. The molecule has 5 heteroatoms. The highest BCUT2D eigenvalue weighted by atomic mass is 16.5. The maximum absolute atomic E-state index is 12.7. The molecule has 1 heterocycles. The lowest BCUT2D eigenvalue weighted by Gasteiger charge is -2.13. The van der Waals surface area contributed by atoms with Crippen LogP contribution in [0.15, 0.2) is 0 Å². The predicted molar refractivity (Wildman–Crippen MR) is 83.0 cm³/mol. The molecule has 0 bridgehead atoms. The minimum absolute atomic E-state index is 0.0239. The van der Waals surface area contributed by atoms with Crippen LogP contribution in [0.5, 0.6) is 0 Å². The minimum atomic E-state index is -0.398. The summed E-state index contributed by atoms with van der Waals surface area (Å²) < 4.78 is 6.69. The fourth-order valence-corrected chi connectivity index (χ4v) is 2.68. The summed E-state index contributed by atoms with van der Waals surface area (Å²) in [5.74, 6) is -0.374. The third kappa shape index (κ3) is 3.35. The van der Waals surface area contributed by atoms with Crippen LogP contribution in [0.2, 0.25) is 0 Å². The molecule has 0 aliphatic heterocycles. The summed E-state index contributed by atoms with van der Waals surface area (Å²) in [6.45, 7) is 11.0. The Hall–Kier alpha value is -1.62. The molecule has 0 aromatic carbocycles. The molecule has 0 fully saturated rings. The predicted octanol–water partition coefficient (Wildman–Crippen LogP) is 2.48. The van der Waals surface area contributed by atoms with Crippen LogP contribution < -0.4 is 5.32 Å². The number of hydrogen-bond donors (Lipinski definition) is 1. The molecule has 0 amide bonds. The Morgan fingerprint density at radius 1 is 1.29 bits per heavy atom. The molecule has 1 aromatic heterocycles. The molecule has 0 aliphatic carbocycles. The fourth-order valence-electron chi connectivity index (χ4n) is 2.68. The zero-order valence-electron chi connectivity index (χ0n) is 13.9. The third-order valence-electron chi connectivity index (χ3n) is 3.80. The van der Waals surface area contributed by atoms with E-state index in [2.05, 4.69) is 12.2 Å². The number of methoxy groups -OCH3 is 1. The van der Waals surface area contributed by atoms with E-state index >= 15 is 0 Å². The molecule has 21 heavy (non-hydrogen) atoms. The second-order valence-corrected chi connectivity index (χ2v) is 5.21. The second-order valence-electron chi connectivity index (χ2n) is 5.21. The number of aromatic nitrogens is 1. The van der Waals surface area contributed by atoms with E-state index in [4.69, 9.17) is 4.74 Å². The van der Waals surface area contributed by atoms with Gasteiger partial charge in [0.15, 0.2) is 5.78 Å². The van der Waals surface area contributed by atoms with E-state index in [9.17, 15) is 9.59 Å². The van der Waals surface area contributed by atoms with Crippen molar-refractivity contribution < 1.29 is 14.3 Å². The monoisotopic (exact) mass is 294 g/mol. The van der Waals surface area contributed by atoms with Crippen molar-refractivity contribution in [1.82, 2.24) is 9.88 Å². The first kappa shape index (κ1) is 17.4. The number of ether oxygens (including phenoxy) is 1. The number of rotatable bonds is 7. The van der Waals surface area contributed by atoms with Gasteiger partial charge in [-0.05, 0) is 46.2 Å². The van der Waals surface area contributed by atoms with Crippen LogP contribution >= 0.6 is 0 Å². The highest BCUT2D eigenvalue weighted by Crippen LogP contribution is 2.24. The van der Waals surface area contributed by atoms with Gasteiger partial charge in [-0.25, -0.2) is 4.79 Å². The molecule has 1 unspecified atom stereocenters. The SMILES string of the molecule is CCCNC(C)C(=O)c1c(C)c(C(=O)OC)n(CC)c1C. The van der Waals surface area contributed by atoms with Gasteiger partial charge in [-0.1, -0.05) is 6.92 Å². The standard InChI is InChI=1S/C16H26N2O3/c1-7-9-17-11(4)15(19)13-10(3)14(16(20)21-6)18(8-2)12(13)5/h11,17H,7-9H2,1-6H3. The van der Waals surface area contributed by atoms with Crippen LogP contribution in [0.3, 0.4) is 0 Å². The second kappa shape index (κ2) is 7.41. The Morgan fingerprint density at radius 2 is 1.90 bits per heavy atom. The number of hydrogen-bond acceptors (Lipinski definition) is 4. The van der Waals surface area contributed by atoms with E-state index in [0.29, 0.717) is 23.4 Å². The lowest BCUT2D eigenvalue weighted by Crippen LogP contribution is -2.35. The average Bonchev–Trinajstić information content (AvgIpc) is 2.73. The van der Waals surface area contributed by atoms with Gasteiger partial charge < -0.3 is 14.6 Å². The average molecular weight is 294 g/mol. The molecule has 0 saturated heterocycles. The Bertz CT molecular complexity index is 532. The van der Waals surface area contributed by atoms with Crippen molar-refractivity contribution in [3.05, 3.63) is 22.5 Å². The fraction of sp³-hybridized carbons (Fsp3) is 0.625. The van der Waals surface area contributed by atoms with Crippen molar-refractivity contribution in [2.24, 2.45) is 0 Å². The van der Waals surface area contributed by atoms with Gasteiger partial charge in [-0.2, -0.15) is 0 Å². The first-order chi connectivity index (χ1) is 9.90. The zero-order chi connectivity index (χ0) is 16.2. The third-order valence-corrected chi connectivity index (χ3v) is 3.80. The first-order valence-corrected chi connectivity index (χ1v) is 7.46. The van der Waals surface area contributed by atoms with Gasteiger partial charge in [0.25, 0.3) is 0 Å². The smallest absolute Gasteiger partial charge is 0.354 e. The number of carbonyl (C=O) groups excluding carboxylic acids is 2. The lowest BCUT2D eigenvalue weighted by atomic mass is 10.0. The number of ketones is 1. The minimum Gasteiger partial charge on any atom is -0.464 e. The topological polar surface area (TPSA) is 60.3 Å². The molecule has 0 aliphatic rings. The van der Waals surface area contributed by atoms with Crippen molar-refractivity contribution in [3.8, 4) is 0 Å².